The number of rotatable bonds is 5. The first kappa shape index (κ1) is 14.8. The van der Waals surface area contributed by atoms with Gasteiger partial charge in [-0.05, 0) is 5.56 Å². The highest BCUT2D eigenvalue weighted by atomic mass is 16.6. The first-order valence-electron chi connectivity index (χ1n) is 7.10. The van der Waals surface area contributed by atoms with E-state index in [1.165, 1.54) is 0 Å². The maximum absolute atomic E-state index is 12.2. The zero-order valence-electron chi connectivity index (χ0n) is 12.1. The maximum atomic E-state index is 12.2. The van der Waals surface area contributed by atoms with Crippen LogP contribution in [0.5, 0.6) is 0 Å². The van der Waals surface area contributed by atoms with E-state index in [2.05, 4.69) is 5.16 Å². The maximum Gasteiger partial charge on any atom is 0.361 e. The topological polar surface area (TPSA) is 89.1 Å². The Morgan fingerprint density at radius 3 is 2.26 bits per heavy atom. The Balaban J connectivity index is 2.16. The molecule has 1 aromatic heterocycles. The number of aromatic nitrogens is 1. The van der Waals surface area contributed by atoms with Crippen molar-refractivity contribution < 1.29 is 9.45 Å². The smallest absolute Gasteiger partial charge is 0.338 e. The molecule has 0 fully saturated rings. The molecule has 116 valence electrons. The Kier molecular flexibility index (Phi) is 4.05. The fourth-order valence-electron chi connectivity index (χ4n) is 2.64. The van der Waals surface area contributed by atoms with Crippen LogP contribution < -0.4 is 5.63 Å². The molecule has 6 heteroatoms. The quantitative estimate of drug-likeness (QED) is 0.579. The zero-order chi connectivity index (χ0) is 16.2. The van der Waals surface area contributed by atoms with Crippen LogP contribution in [0.25, 0.3) is 11.3 Å². The first-order chi connectivity index (χ1) is 11.2. The minimum atomic E-state index is -0.677. The van der Waals surface area contributed by atoms with Crippen LogP contribution in [0, 0.1) is 10.1 Å². The lowest BCUT2D eigenvalue weighted by Gasteiger charge is -2.12. The van der Waals surface area contributed by atoms with Crippen LogP contribution >= 0.6 is 0 Å². The van der Waals surface area contributed by atoms with Crippen LogP contribution in [-0.4, -0.2) is 16.6 Å². The molecule has 0 saturated carbocycles. The van der Waals surface area contributed by atoms with E-state index in [-0.39, 0.29) is 12.1 Å². The summed E-state index contributed by atoms with van der Waals surface area (Å²) in [6, 6.07) is 18.1. The number of aromatic amines is 1. The van der Waals surface area contributed by atoms with Crippen molar-refractivity contribution >= 4 is 0 Å². The molecule has 6 nitrogen and oxygen atoms in total. The molecule has 0 unspecified atom stereocenters. The van der Waals surface area contributed by atoms with E-state index < -0.39 is 16.5 Å². The summed E-state index contributed by atoms with van der Waals surface area (Å²) in [5.74, 6) is -0.677. The van der Waals surface area contributed by atoms with Crippen molar-refractivity contribution in [3.05, 3.63) is 92.3 Å². The molecule has 1 atom stereocenters. The van der Waals surface area contributed by atoms with Crippen LogP contribution in [0.15, 0.2) is 70.0 Å². The molecule has 3 rings (SSSR count). The van der Waals surface area contributed by atoms with Gasteiger partial charge in [-0.25, -0.2) is 9.95 Å². The van der Waals surface area contributed by atoms with E-state index in [4.69, 9.17) is 4.52 Å². The number of nitrogens with zero attached hydrogens (tertiary/aromatic N) is 1. The van der Waals surface area contributed by atoms with Gasteiger partial charge in [0.05, 0.1) is 17.2 Å². The molecule has 3 aromatic rings. The van der Waals surface area contributed by atoms with Crippen molar-refractivity contribution in [2.24, 2.45) is 0 Å². The molecule has 2 aromatic carbocycles. The minimum absolute atomic E-state index is 0.277. The Morgan fingerprint density at radius 2 is 1.65 bits per heavy atom. The lowest BCUT2D eigenvalue weighted by molar-refractivity contribution is -0.481. The third-order valence-electron chi connectivity index (χ3n) is 3.68. The van der Waals surface area contributed by atoms with Crippen molar-refractivity contribution in [1.82, 2.24) is 5.16 Å². The van der Waals surface area contributed by atoms with Gasteiger partial charge in [0.25, 0.3) is 0 Å². The standard InChI is InChI=1S/C17H14N2O4/c20-17-15(16(18-23-17)13-9-5-2-6-10-13)14(11-19(21)22)12-7-3-1-4-8-12/h1-10,14,18H,11H2/t14-/m1/s1. The van der Waals surface area contributed by atoms with Gasteiger partial charge in [-0.2, -0.15) is 0 Å². The van der Waals surface area contributed by atoms with Crippen LogP contribution in [0.3, 0.4) is 0 Å². The predicted molar refractivity (Wildman–Crippen MR) is 84.9 cm³/mol. The van der Waals surface area contributed by atoms with E-state index in [0.29, 0.717) is 11.3 Å². The molecule has 1 N–H and O–H groups in total. The molecular formula is C17H14N2O4. The SMILES string of the molecule is O=c1o[nH]c(-c2ccccc2)c1[C@H](C[N+](=O)[O-])c1ccccc1. The largest absolute Gasteiger partial charge is 0.361 e. The average molecular weight is 310 g/mol. The predicted octanol–water partition coefficient (Wildman–Crippen LogP) is 3.04. The molecule has 0 aliphatic carbocycles. The molecule has 0 aliphatic rings. The molecule has 0 aliphatic heterocycles. The van der Waals surface area contributed by atoms with Crippen LogP contribution in [0.1, 0.15) is 17.0 Å². The number of nitrogens with one attached hydrogen (secondary N) is 1. The second-order valence-electron chi connectivity index (χ2n) is 5.12. The second-order valence-corrected chi connectivity index (χ2v) is 5.12. The van der Waals surface area contributed by atoms with Gasteiger partial charge in [0.15, 0.2) is 0 Å². The number of hydrogen-bond donors (Lipinski definition) is 1. The molecule has 0 bridgehead atoms. The van der Waals surface area contributed by atoms with E-state index in [1.807, 2.05) is 36.4 Å². The summed E-state index contributed by atoms with van der Waals surface area (Å²) in [6.07, 6.45) is 0. The summed E-state index contributed by atoms with van der Waals surface area (Å²) >= 11 is 0. The fourth-order valence-corrected chi connectivity index (χ4v) is 2.64. The van der Waals surface area contributed by atoms with Crippen molar-refractivity contribution in [2.45, 2.75) is 5.92 Å². The van der Waals surface area contributed by atoms with Crippen molar-refractivity contribution in [1.29, 1.82) is 0 Å². The van der Waals surface area contributed by atoms with E-state index >= 15 is 0 Å². The van der Waals surface area contributed by atoms with Crippen LogP contribution in [-0.2, 0) is 0 Å². The average Bonchev–Trinajstić information content (AvgIpc) is 2.95. The summed E-state index contributed by atoms with van der Waals surface area (Å²) in [5, 5.41) is 13.7. The number of nitro groups is 1. The normalized spacial score (nSPS) is 12.0. The molecule has 0 spiro atoms. The van der Waals surface area contributed by atoms with Gasteiger partial charge in [0.1, 0.15) is 0 Å². The van der Waals surface area contributed by atoms with Crippen LogP contribution in [0.2, 0.25) is 0 Å². The first-order valence-corrected chi connectivity index (χ1v) is 7.10. The summed E-state index contributed by atoms with van der Waals surface area (Å²) < 4.78 is 4.93. The summed E-state index contributed by atoms with van der Waals surface area (Å²) in [5.41, 5.74) is 1.62. The Bertz CT molecular complexity index is 853. The third kappa shape index (κ3) is 3.06. The van der Waals surface area contributed by atoms with Crippen molar-refractivity contribution in [2.75, 3.05) is 6.54 Å². The van der Waals surface area contributed by atoms with Crippen molar-refractivity contribution in [3.8, 4) is 11.3 Å². The Hall–Kier alpha value is -3.15. The summed E-state index contributed by atoms with van der Waals surface area (Å²) in [7, 11) is 0. The highest BCUT2D eigenvalue weighted by Gasteiger charge is 2.28. The molecule has 0 amide bonds. The highest BCUT2D eigenvalue weighted by molar-refractivity contribution is 5.63. The monoisotopic (exact) mass is 310 g/mol. The summed E-state index contributed by atoms with van der Waals surface area (Å²) in [6.45, 7) is -0.382. The van der Waals surface area contributed by atoms with Gasteiger partial charge in [-0.15, -0.1) is 0 Å². The second kappa shape index (κ2) is 6.31. The Labute approximate surface area is 131 Å². The van der Waals surface area contributed by atoms with Gasteiger partial charge < -0.3 is 4.52 Å². The lowest BCUT2D eigenvalue weighted by Crippen LogP contribution is -2.19. The van der Waals surface area contributed by atoms with E-state index in [9.17, 15) is 14.9 Å². The van der Waals surface area contributed by atoms with E-state index in [1.54, 1.807) is 24.3 Å². The van der Waals surface area contributed by atoms with Gasteiger partial charge >= 0.3 is 5.63 Å². The summed E-state index contributed by atoms with van der Waals surface area (Å²) in [4.78, 5) is 22.9. The van der Waals surface area contributed by atoms with Gasteiger partial charge in [0.2, 0.25) is 6.54 Å². The van der Waals surface area contributed by atoms with Gasteiger partial charge in [-0.1, -0.05) is 60.7 Å². The van der Waals surface area contributed by atoms with E-state index in [0.717, 1.165) is 5.56 Å². The molecular weight excluding hydrogens is 296 g/mol. The van der Waals surface area contributed by atoms with Crippen LogP contribution in [0.4, 0.5) is 0 Å². The highest BCUT2D eigenvalue weighted by Crippen LogP contribution is 2.30. The number of H-pyrrole nitrogens is 1. The molecule has 0 saturated heterocycles. The van der Waals surface area contributed by atoms with Gasteiger partial charge in [-0.3, -0.25) is 10.1 Å². The molecule has 0 radical (unpaired) electrons. The molecule has 23 heavy (non-hydrogen) atoms. The van der Waals surface area contributed by atoms with Crippen molar-refractivity contribution in [3.63, 3.8) is 0 Å². The fraction of sp³-hybridized carbons (Fsp3) is 0.118. The third-order valence-corrected chi connectivity index (χ3v) is 3.68. The lowest BCUT2D eigenvalue weighted by atomic mass is 9.90. The molecule has 1 heterocycles. The minimum Gasteiger partial charge on any atom is -0.338 e. The Morgan fingerprint density at radius 1 is 1.04 bits per heavy atom. The number of hydrogen-bond acceptors (Lipinski definition) is 4. The number of benzene rings is 2. The van der Waals surface area contributed by atoms with Gasteiger partial charge in [0, 0.05) is 10.5 Å². The zero-order valence-corrected chi connectivity index (χ0v) is 12.1.